The molecule has 0 aliphatic carbocycles. The van der Waals surface area contributed by atoms with Crippen molar-refractivity contribution in [3.05, 3.63) is 35.9 Å². The first-order valence-corrected chi connectivity index (χ1v) is 6.17. The molecule has 0 N–H and O–H groups in total. The topological polar surface area (TPSA) is 20.3 Å². The lowest BCUT2D eigenvalue weighted by molar-refractivity contribution is -0.112. The summed E-state index contributed by atoms with van der Waals surface area (Å²) < 4.78 is 14.0. The molecule has 1 unspecified atom stereocenters. The monoisotopic (exact) mass is 235 g/mol. The molecule has 1 heterocycles. The summed E-state index contributed by atoms with van der Waals surface area (Å²) in [5.74, 6) is 0.134. The Morgan fingerprint density at radius 2 is 1.94 bits per heavy atom. The molecule has 1 fully saturated rings. The molecule has 2 rings (SSSR count). The fourth-order valence-corrected chi connectivity index (χ4v) is 2.27. The molecular weight excluding hydrogens is 217 g/mol. The van der Waals surface area contributed by atoms with Crippen LogP contribution in [0.3, 0.4) is 0 Å². The van der Waals surface area contributed by atoms with Crippen LogP contribution >= 0.6 is 0 Å². The highest BCUT2D eigenvalue weighted by Crippen LogP contribution is 2.19. The van der Waals surface area contributed by atoms with E-state index in [1.165, 1.54) is 0 Å². The number of carbonyl (C=O) groups excluding carboxylic acids is 1. The zero-order valence-electron chi connectivity index (χ0n) is 9.89. The number of aldehydes is 1. The Balaban J connectivity index is 1.85. The van der Waals surface area contributed by atoms with Gasteiger partial charge in [0.15, 0.2) is 6.30 Å². The quantitative estimate of drug-likeness (QED) is 0.590. The first-order valence-electron chi connectivity index (χ1n) is 6.17. The molecule has 1 aliphatic rings. The van der Waals surface area contributed by atoms with Gasteiger partial charge in [-0.15, -0.1) is 0 Å². The van der Waals surface area contributed by atoms with Gasteiger partial charge < -0.3 is 4.79 Å². The van der Waals surface area contributed by atoms with Crippen LogP contribution < -0.4 is 0 Å². The molecule has 0 spiro atoms. The predicted octanol–water partition coefficient (Wildman–Crippen LogP) is 2.44. The number of rotatable bonds is 4. The van der Waals surface area contributed by atoms with Crippen molar-refractivity contribution in [3.63, 3.8) is 0 Å². The molecule has 1 aliphatic heterocycles. The van der Waals surface area contributed by atoms with Crippen molar-refractivity contribution in [3.8, 4) is 0 Å². The fourth-order valence-electron chi connectivity index (χ4n) is 2.27. The summed E-state index contributed by atoms with van der Waals surface area (Å²) in [4.78, 5) is 12.5. The number of hydrogen-bond acceptors (Lipinski definition) is 2. The fraction of sp³-hybridized carbons (Fsp3) is 0.500. The van der Waals surface area contributed by atoms with Gasteiger partial charge in [0.1, 0.15) is 6.29 Å². The van der Waals surface area contributed by atoms with E-state index in [4.69, 9.17) is 0 Å². The van der Waals surface area contributed by atoms with Gasteiger partial charge in [0, 0.05) is 25.4 Å². The average Bonchev–Trinajstić information content (AvgIpc) is 2.40. The van der Waals surface area contributed by atoms with Gasteiger partial charge in [-0.25, -0.2) is 4.39 Å². The van der Waals surface area contributed by atoms with Crippen molar-refractivity contribution < 1.29 is 9.18 Å². The Kier molecular flexibility index (Phi) is 4.26. The van der Waals surface area contributed by atoms with Crippen LogP contribution in [0.15, 0.2) is 30.3 Å². The van der Waals surface area contributed by atoms with E-state index in [2.05, 4.69) is 0 Å². The summed E-state index contributed by atoms with van der Waals surface area (Å²) in [5.41, 5.74) is 1.03. The third-order valence-corrected chi connectivity index (χ3v) is 3.41. The Labute approximate surface area is 101 Å². The van der Waals surface area contributed by atoms with Crippen molar-refractivity contribution in [1.82, 2.24) is 4.90 Å². The second-order valence-corrected chi connectivity index (χ2v) is 4.63. The highest BCUT2D eigenvalue weighted by Gasteiger charge is 2.24. The predicted molar refractivity (Wildman–Crippen MR) is 65.4 cm³/mol. The van der Waals surface area contributed by atoms with Crippen LogP contribution in [0.4, 0.5) is 4.39 Å². The number of likely N-dealkylation sites (tertiary alicyclic amines) is 1. The van der Waals surface area contributed by atoms with Crippen molar-refractivity contribution in [2.45, 2.75) is 25.6 Å². The number of carbonyl (C=O) groups is 1. The summed E-state index contributed by atoms with van der Waals surface area (Å²) in [6.45, 7) is 1.38. The molecule has 1 aromatic rings. The Hall–Kier alpha value is -1.22. The molecule has 2 nitrogen and oxygen atoms in total. The minimum Gasteiger partial charge on any atom is -0.303 e. The maximum atomic E-state index is 14.0. The maximum absolute atomic E-state index is 14.0. The van der Waals surface area contributed by atoms with E-state index in [0.29, 0.717) is 19.5 Å². The Morgan fingerprint density at radius 3 is 2.53 bits per heavy atom. The van der Waals surface area contributed by atoms with Gasteiger partial charge in [0.05, 0.1) is 0 Å². The van der Waals surface area contributed by atoms with E-state index in [0.717, 1.165) is 24.7 Å². The lowest BCUT2D eigenvalue weighted by Crippen LogP contribution is -2.40. The van der Waals surface area contributed by atoms with Gasteiger partial charge in [-0.05, 0) is 18.4 Å². The molecule has 1 aromatic carbocycles. The second kappa shape index (κ2) is 5.92. The van der Waals surface area contributed by atoms with Crippen molar-refractivity contribution >= 4 is 6.29 Å². The largest absolute Gasteiger partial charge is 0.303 e. The van der Waals surface area contributed by atoms with Gasteiger partial charge in [-0.1, -0.05) is 30.3 Å². The molecule has 17 heavy (non-hydrogen) atoms. The van der Waals surface area contributed by atoms with E-state index in [1.807, 2.05) is 35.2 Å². The van der Waals surface area contributed by atoms with Crippen LogP contribution in [0.2, 0.25) is 0 Å². The van der Waals surface area contributed by atoms with E-state index in [-0.39, 0.29) is 5.92 Å². The van der Waals surface area contributed by atoms with Gasteiger partial charge in [-0.2, -0.15) is 0 Å². The maximum Gasteiger partial charge on any atom is 0.157 e. The number of nitrogens with zero attached hydrogens (tertiary/aromatic N) is 1. The molecule has 1 saturated heterocycles. The summed E-state index contributed by atoms with van der Waals surface area (Å²) in [6, 6.07) is 9.70. The van der Waals surface area contributed by atoms with Gasteiger partial charge in [0.2, 0.25) is 0 Å². The molecule has 0 amide bonds. The smallest absolute Gasteiger partial charge is 0.157 e. The van der Waals surface area contributed by atoms with E-state index in [1.54, 1.807) is 0 Å². The lowest BCUT2D eigenvalue weighted by atomic mass is 9.98. The van der Waals surface area contributed by atoms with Crippen molar-refractivity contribution in [1.29, 1.82) is 0 Å². The zero-order chi connectivity index (χ0) is 12.1. The van der Waals surface area contributed by atoms with Crippen LogP contribution in [-0.4, -0.2) is 30.6 Å². The molecule has 0 aromatic heterocycles. The van der Waals surface area contributed by atoms with E-state index < -0.39 is 6.30 Å². The van der Waals surface area contributed by atoms with Crippen LogP contribution in [0.5, 0.6) is 0 Å². The molecule has 0 radical (unpaired) electrons. The minimum atomic E-state index is -0.926. The number of halogens is 1. The Morgan fingerprint density at radius 1 is 1.29 bits per heavy atom. The highest BCUT2D eigenvalue weighted by molar-refractivity contribution is 5.53. The molecule has 92 valence electrons. The summed E-state index contributed by atoms with van der Waals surface area (Å²) in [5, 5.41) is 0. The van der Waals surface area contributed by atoms with E-state index >= 15 is 0 Å². The lowest BCUT2D eigenvalue weighted by Gasteiger charge is -2.32. The third-order valence-electron chi connectivity index (χ3n) is 3.41. The number of hydrogen-bond donors (Lipinski definition) is 0. The van der Waals surface area contributed by atoms with E-state index in [9.17, 15) is 9.18 Å². The van der Waals surface area contributed by atoms with Crippen LogP contribution in [0, 0.1) is 5.92 Å². The van der Waals surface area contributed by atoms with Gasteiger partial charge in [-0.3, -0.25) is 4.90 Å². The molecular formula is C14H18FNO. The van der Waals surface area contributed by atoms with Crippen LogP contribution in [0.25, 0.3) is 0 Å². The molecule has 1 atom stereocenters. The summed E-state index contributed by atoms with van der Waals surface area (Å²) in [7, 11) is 0. The number of benzene rings is 1. The first-order chi connectivity index (χ1) is 8.29. The Bertz CT molecular complexity index is 346. The minimum absolute atomic E-state index is 0.134. The summed E-state index contributed by atoms with van der Waals surface area (Å²) in [6.07, 6.45) is 2.09. The second-order valence-electron chi connectivity index (χ2n) is 4.63. The SMILES string of the molecule is O=CC1CCN(C(F)Cc2ccccc2)CC1. The first kappa shape index (κ1) is 12.2. The number of alkyl halides is 1. The van der Waals surface area contributed by atoms with Crippen LogP contribution in [-0.2, 0) is 11.2 Å². The third kappa shape index (κ3) is 3.37. The van der Waals surface area contributed by atoms with Crippen LogP contribution in [0.1, 0.15) is 18.4 Å². The highest BCUT2D eigenvalue weighted by atomic mass is 19.1. The molecule has 3 heteroatoms. The average molecular weight is 235 g/mol. The summed E-state index contributed by atoms with van der Waals surface area (Å²) >= 11 is 0. The van der Waals surface area contributed by atoms with Gasteiger partial charge in [0.25, 0.3) is 0 Å². The number of piperidine rings is 1. The van der Waals surface area contributed by atoms with Gasteiger partial charge >= 0.3 is 0 Å². The normalized spacial score (nSPS) is 20.1. The van der Waals surface area contributed by atoms with Crippen molar-refractivity contribution in [2.24, 2.45) is 5.92 Å². The molecule has 0 bridgehead atoms. The standard InChI is InChI=1S/C14H18FNO/c15-14(10-12-4-2-1-3-5-12)16-8-6-13(11-17)7-9-16/h1-5,11,13-14H,6-10H2. The zero-order valence-corrected chi connectivity index (χ0v) is 9.89. The van der Waals surface area contributed by atoms with Crippen molar-refractivity contribution in [2.75, 3.05) is 13.1 Å². The molecule has 0 saturated carbocycles.